The number of anilines is 1. The minimum atomic E-state index is -0.0785. The van der Waals surface area contributed by atoms with Crippen LogP contribution in [0.25, 0.3) is 0 Å². The molecule has 1 aromatic carbocycles. The monoisotopic (exact) mass is 470 g/mol. The van der Waals surface area contributed by atoms with Crippen molar-refractivity contribution in [1.29, 1.82) is 0 Å². The molecule has 0 radical (unpaired) electrons. The first-order chi connectivity index (χ1) is 15.9. The minimum absolute atomic E-state index is 0.0596. The standard InChI is InChI=1S/C26H38N4O2S/c1-20(2)18-29-14-7-5-4-6-8-15-30(21(3)31)24-10-9-22(17-23(24)19-29)26(32)28-12-11-25-27-13-16-33-25/h9-10,13,16-17,20H,4-8,11-12,14-15,18-19H2,1-3H3,(H,28,32). The second-order valence-corrected chi connectivity index (χ2v) is 10.3. The smallest absolute Gasteiger partial charge is 0.251 e. The van der Waals surface area contributed by atoms with E-state index in [1.54, 1.807) is 24.5 Å². The Hall–Kier alpha value is -2.25. The summed E-state index contributed by atoms with van der Waals surface area (Å²) in [6.07, 6.45) is 8.30. The number of nitrogens with zero attached hydrogens (tertiary/aromatic N) is 3. The molecule has 7 heteroatoms. The molecule has 0 aliphatic carbocycles. The van der Waals surface area contributed by atoms with Gasteiger partial charge in [-0.05, 0) is 49.1 Å². The third kappa shape index (κ3) is 7.93. The van der Waals surface area contributed by atoms with Gasteiger partial charge in [0.2, 0.25) is 5.91 Å². The molecule has 6 nitrogen and oxygen atoms in total. The molecular weight excluding hydrogens is 432 g/mol. The van der Waals surface area contributed by atoms with E-state index in [0.717, 1.165) is 61.7 Å². The largest absolute Gasteiger partial charge is 0.352 e. The zero-order valence-corrected chi connectivity index (χ0v) is 21.1. The summed E-state index contributed by atoms with van der Waals surface area (Å²) in [6.45, 7) is 10.2. The first-order valence-electron chi connectivity index (χ1n) is 12.2. The SMILES string of the molecule is CC(=O)N1CCCCCCCN(CC(C)C)Cc2cc(C(=O)NCCc3nccs3)ccc21. The average Bonchev–Trinajstić information content (AvgIpc) is 3.27. The zero-order valence-electron chi connectivity index (χ0n) is 20.3. The number of rotatable bonds is 6. The Morgan fingerprint density at radius 2 is 1.88 bits per heavy atom. The number of amides is 2. The van der Waals surface area contributed by atoms with Crippen LogP contribution in [0.3, 0.4) is 0 Å². The highest BCUT2D eigenvalue weighted by Crippen LogP contribution is 2.26. The van der Waals surface area contributed by atoms with Gasteiger partial charge in [-0.15, -0.1) is 11.3 Å². The van der Waals surface area contributed by atoms with Crippen molar-refractivity contribution in [3.63, 3.8) is 0 Å². The van der Waals surface area contributed by atoms with Crippen molar-refractivity contribution in [3.8, 4) is 0 Å². The Morgan fingerprint density at radius 3 is 2.58 bits per heavy atom. The van der Waals surface area contributed by atoms with E-state index < -0.39 is 0 Å². The lowest BCUT2D eigenvalue weighted by atomic mass is 10.0. The van der Waals surface area contributed by atoms with Gasteiger partial charge in [0, 0.05) is 62.4 Å². The highest BCUT2D eigenvalue weighted by atomic mass is 32.1. The van der Waals surface area contributed by atoms with Gasteiger partial charge in [-0.3, -0.25) is 14.5 Å². The number of carbonyl (C=O) groups excluding carboxylic acids is 2. The molecule has 1 aliphatic rings. The minimum Gasteiger partial charge on any atom is -0.352 e. The fraction of sp³-hybridized carbons (Fsp3) is 0.577. The molecular formula is C26H38N4O2S. The van der Waals surface area contributed by atoms with E-state index in [1.807, 2.05) is 28.5 Å². The van der Waals surface area contributed by atoms with Gasteiger partial charge in [0.15, 0.2) is 0 Å². The van der Waals surface area contributed by atoms with Crippen LogP contribution in [0.4, 0.5) is 5.69 Å². The Morgan fingerprint density at radius 1 is 1.12 bits per heavy atom. The summed E-state index contributed by atoms with van der Waals surface area (Å²) in [4.78, 5) is 34.1. The predicted octanol–water partition coefficient (Wildman–Crippen LogP) is 4.89. The van der Waals surface area contributed by atoms with Crippen molar-refractivity contribution in [2.45, 2.75) is 65.8 Å². The molecule has 33 heavy (non-hydrogen) atoms. The second-order valence-electron chi connectivity index (χ2n) is 9.34. The number of nitrogens with one attached hydrogen (secondary N) is 1. The summed E-state index contributed by atoms with van der Waals surface area (Å²) < 4.78 is 0. The third-order valence-corrected chi connectivity index (χ3v) is 6.83. The first-order valence-corrected chi connectivity index (χ1v) is 13.1. The van der Waals surface area contributed by atoms with Crippen molar-refractivity contribution < 1.29 is 9.59 Å². The Balaban J connectivity index is 1.83. The van der Waals surface area contributed by atoms with Gasteiger partial charge in [0.1, 0.15) is 0 Å². The van der Waals surface area contributed by atoms with Gasteiger partial charge in [0.05, 0.1) is 5.01 Å². The van der Waals surface area contributed by atoms with Crippen LogP contribution in [0.15, 0.2) is 29.8 Å². The van der Waals surface area contributed by atoms with Crippen LogP contribution < -0.4 is 10.2 Å². The normalized spacial score (nSPS) is 16.1. The maximum absolute atomic E-state index is 12.9. The average molecular weight is 471 g/mol. The number of hydrogen-bond donors (Lipinski definition) is 1. The van der Waals surface area contributed by atoms with Gasteiger partial charge in [-0.25, -0.2) is 4.98 Å². The number of aromatic nitrogens is 1. The van der Waals surface area contributed by atoms with Crippen LogP contribution in [0.1, 0.15) is 73.8 Å². The third-order valence-electron chi connectivity index (χ3n) is 5.99. The van der Waals surface area contributed by atoms with Crippen molar-refractivity contribution in [2.24, 2.45) is 5.92 Å². The van der Waals surface area contributed by atoms with Gasteiger partial charge in [-0.2, -0.15) is 0 Å². The number of carbonyl (C=O) groups is 2. The molecule has 0 saturated carbocycles. The van der Waals surface area contributed by atoms with Crippen molar-refractivity contribution in [2.75, 3.05) is 31.1 Å². The van der Waals surface area contributed by atoms with E-state index in [0.29, 0.717) is 18.0 Å². The lowest BCUT2D eigenvalue weighted by Crippen LogP contribution is -2.34. The molecule has 0 saturated heterocycles. The van der Waals surface area contributed by atoms with E-state index in [2.05, 4.69) is 29.0 Å². The maximum atomic E-state index is 12.9. The second kappa shape index (κ2) is 12.8. The predicted molar refractivity (Wildman–Crippen MR) is 136 cm³/mol. The highest BCUT2D eigenvalue weighted by Gasteiger charge is 2.20. The van der Waals surface area contributed by atoms with Crippen LogP contribution in [0, 0.1) is 5.92 Å². The van der Waals surface area contributed by atoms with E-state index >= 15 is 0 Å². The maximum Gasteiger partial charge on any atom is 0.251 e. The van der Waals surface area contributed by atoms with Gasteiger partial charge in [0.25, 0.3) is 5.91 Å². The molecule has 2 aromatic rings. The molecule has 0 spiro atoms. The summed E-state index contributed by atoms with van der Waals surface area (Å²) in [7, 11) is 0. The molecule has 0 unspecified atom stereocenters. The molecule has 0 bridgehead atoms. The number of fused-ring (bicyclic) bond motifs is 1. The van der Waals surface area contributed by atoms with Crippen molar-refractivity contribution >= 4 is 28.8 Å². The number of thiazole rings is 1. The quantitative estimate of drug-likeness (QED) is 0.653. The van der Waals surface area contributed by atoms with Crippen LogP contribution in [-0.4, -0.2) is 47.9 Å². The van der Waals surface area contributed by atoms with Gasteiger partial charge >= 0.3 is 0 Å². The summed E-state index contributed by atoms with van der Waals surface area (Å²) in [5, 5.41) is 6.00. The van der Waals surface area contributed by atoms with E-state index in [1.165, 1.54) is 19.3 Å². The van der Waals surface area contributed by atoms with Crippen LogP contribution in [0.2, 0.25) is 0 Å². The summed E-state index contributed by atoms with van der Waals surface area (Å²) >= 11 is 1.60. The molecule has 1 aliphatic heterocycles. The van der Waals surface area contributed by atoms with E-state index in [9.17, 15) is 9.59 Å². The molecule has 3 rings (SSSR count). The molecule has 2 heterocycles. The highest BCUT2D eigenvalue weighted by molar-refractivity contribution is 7.09. The van der Waals surface area contributed by atoms with Crippen molar-refractivity contribution in [1.82, 2.24) is 15.2 Å². The lowest BCUT2D eigenvalue weighted by molar-refractivity contribution is -0.116. The zero-order chi connectivity index (χ0) is 23.6. The van der Waals surface area contributed by atoms with Gasteiger partial charge in [-0.1, -0.05) is 33.1 Å². The summed E-state index contributed by atoms with van der Waals surface area (Å²) in [6, 6.07) is 5.81. The van der Waals surface area contributed by atoms with E-state index in [4.69, 9.17) is 0 Å². The number of hydrogen-bond acceptors (Lipinski definition) is 5. The Kier molecular flexibility index (Phi) is 9.88. The van der Waals surface area contributed by atoms with Gasteiger partial charge < -0.3 is 10.2 Å². The first kappa shape index (κ1) is 25.4. The fourth-order valence-corrected chi connectivity index (χ4v) is 5.07. The Labute approximate surface area is 202 Å². The summed E-state index contributed by atoms with van der Waals surface area (Å²) in [5.41, 5.74) is 2.64. The van der Waals surface area contributed by atoms with Crippen LogP contribution >= 0.6 is 11.3 Å². The molecule has 2 amide bonds. The molecule has 1 N–H and O–H groups in total. The van der Waals surface area contributed by atoms with Crippen LogP contribution in [-0.2, 0) is 17.8 Å². The molecule has 180 valence electrons. The van der Waals surface area contributed by atoms with Crippen molar-refractivity contribution in [3.05, 3.63) is 45.9 Å². The molecule has 0 atom stereocenters. The van der Waals surface area contributed by atoms with Crippen LogP contribution in [0.5, 0.6) is 0 Å². The molecule has 0 fully saturated rings. The topological polar surface area (TPSA) is 65.5 Å². The lowest BCUT2D eigenvalue weighted by Gasteiger charge is -2.30. The Bertz CT molecular complexity index is 898. The summed E-state index contributed by atoms with van der Waals surface area (Å²) in [5.74, 6) is 0.539. The number of benzene rings is 1. The molecule has 1 aromatic heterocycles. The van der Waals surface area contributed by atoms with E-state index in [-0.39, 0.29) is 11.8 Å². The fourth-order valence-electron chi connectivity index (χ4n) is 4.45.